The number of hydrogen-bond acceptors (Lipinski definition) is 4. The fourth-order valence-electron chi connectivity index (χ4n) is 1.39. The number of para-hydroxylation sites is 1. The third-order valence-electron chi connectivity index (χ3n) is 2.18. The molecule has 0 radical (unpaired) electrons. The van der Waals surface area contributed by atoms with Crippen molar-refractivity contribution in [3.05, 3.63) is 29.8 Å². The summed E-state index contributed by atoms with van der Waals surface area (Å²) in [6.45, 7) is 0. The van der Waals surface area contributed by atoms with Gasteiger partial charge in [0.2, 0.25) is 5.78 Å². The molecule has 0 aliphatic carbocycles. The first-order valence-corrected chi connectivity index (χ1v) is 3.95. The summed E-state index contributed by atoms with van der Waals surface area (Å²) in [6.07, 6.45) is 1.50. The Balaban J connectivity index is 2.22. The van der Waals surface area contributed by atoms with Gasteiger partial charge in [-0.15, -0.1) is 10.2 Å². The van der Waals surface area contributed by atoms with E-state index in [2.05, 4.69) is 15.2 Å². The third-order valence-corrected chi connectivity index (χ3v) is 2.18. The SMILES string of the molecule is O=C1c2ccccc2N=CC12N=N2. The minimum Gasteiger partial charge on any atom is -0.288 e. The van der Waals surface area contributed by atoms with Gasteiger partial charge in [-0.05, 0) is 12.1 Å². The molecule has 0 bridgehead atoms. The lowest BCUT2D eigenvalue weighted by atomic mass is 9.98. The molecule has 2 aliphatic heterocycles. The number of ketones is 1. The maximum Gasteiger partial charge on any atom is 0.287 e. The molecule has 0 aromatic heterocycles. The summed E-state index contributed by atoms with van der Waals surface area (Å²) >= 11 is 0. The number of carbonyl (C=O) groups excluding carboxylic acids is 1. The third kappa shape index (κ3) is 0.744. The van der Waals surface area contributed by atoms with Gasteiger partial charge in [-0.1, -0.05) is 12.1 Å². The van der Waals surface area contributed by atoms with E-state index in [-0.39, 0.29) is 5.78 Å². The molecular formula is C9H5N3O. The molecule has 0 unspecified atom stereocenters. The lowest BCUT2D eigenvalue weighted by Gasteiger charge is -2.11. The maximum atomic E-state index is 11.7. The van der Waals surface area contributed by atoms with Crippen LogP contribution in [0, 0.1) is 0 Å². The van der Waals surface area contributed by atoms with Crippen molar-refractivity contribution in [2.45, 2.75) is 5.66 Å². The molecule has 13 heavy (non-hydrogen) atoms. The maximum absolute atomic E-state index is 11.7. The zero-order valence-electron chi connectivity index (χ0n) is 6.64. The van der Waals surface area contributed by atoms with Crippen molar-refractivity contribution < 1.29 is 4.79 Å². The zero-order valence-corrected chi connectivity index (χ0v) is 6.64. The molecule has 1 aromatic rings. The van der Waals surface area contributed by atoms with Gasteiger partial charge in [0.05, 0.1) is 11.9 Å². The molecular weight excluding hydrogens is 166 g/mol. The van der Waals surface area contributed by atoms with Crippen LogP contribution in [0.4, 0.5) is 5.69 Å². The normalized spacial score (nSPS) is 20.5. The highest BCUT2D eigenvalue weighted by molar-refractivity contribution is 6.20. The molecule has 4 heteroatoms. The van der Waals surface area contributed by atoms with Crippen LogP contribution in [0.2, 0.25) is 0 Å². The number of aliphatic imine (C=N–C) groups is 1. The Morgan fingerprint density at radius 1 is 1.15 bits per heavy atom. The molecule has 0 saturated heterocycles. The number of hydrogen-bond donors (Lipinski definition) is 0. The molecule has 0 amide bonds. The largest absolute Gasteiger partial charge is 0.288 e. The number of nitrogens with zero attached hydrogens (tertiary/aromatic N) is 3. The van der Waals surface area contributed by atoms with E-state index in [1.807, 2.05) is 12.1 Å². The lowest BCUT2D eigenvalue weighted by molar-refractivity contribution is 0.0967. The van der Waals surface area contributed by atoms with Gasteiger partial charge in [0, 0.05) is 5.56 Å². The average molecular weight is 171 g/mol. The Morgan fingerprint density at radius 3 is 2.69 bits per heavy atom. The van der Waals surface area contributed by atoms with E-state index in [0.717, 1.165) is 0 Å². The summed E-state index contributed by atoms with van der Waals surface area (Å²) in [5.74, 6) is -0.0712. The molecule has 4 nitrogen and oxygen atoms in total. The number of benzene rings is 1. The summed E-state index contributed by atoms with van der Waals surface area (Å²) in [5.41, 5.74) is 0.361. The highest BCUT2D eigenvalue weighted by Gasteiger charge is 2.49. The smallest absolute Gasteiger partial charge is 0.287 e. The molecule has 0 atom stereocenters. The van der Waals surface area contributed by atoms with E-state index < -0.39 is 5.66 Å². The fraction of sp³-hybridized carbons (Fsp3) is 0.111. The zero-order chi connectivity index (χ0) is 8.89. The van der Waals surface area contributed by atoms with Gasteiger partial charge in [-0.3, -0.25) is 9.79 Å². The van der Waals surface area contributed by atoms with Gasteiger partial charge in [-0.25, -0.2) is 0 Å². The first-order valence-electron chi connectivity index (χ1n) is 3.95. The molecule has 0 fully saturated rings. The van der Waals surface area contributed by atoms with Crippen molar-refractivity contribution in [2.24, 2.45) is 15.2 Å². The minimum absolute atomic E-state index is 0.0712. The van der Waals surface area contributed by atoms with E-state index in [1.54, 1.807) is 12.1 Å². The van der Waals surface area contributed by atoms with Crippen LogP contribution in [-0.4, -0.2) is 17.7 Å². The summed E-state index contributed by atoms with van der Waals surface area (Å²) in [7, 11) is 0. The van der Waals surface area contributed by atoms with Crippen LogP contribution in [0.25, 0.3) is 0 Å². The van der Waals surface area contributed by atoms with Crippen LogP contribution in [0.3, 0.4) is 0 Å². The van der Waals surface area contributed by atoms with E-state index in [9.17, 15) is 4.79 Å². The second kappa shape index (κ2) is 1.90. The number of fused-ring (bicyclic) bond motifs is 1. The molecule has 0 saturated carbocycles. The highest BCUT2D eigenvalue weighted by Crippen LogP contribution is 2.37. The Bertz CT molecular complexity index is 456. The van der Waals surface area contributed by atoms with E-state index in [0.29, 0.717) is 11.3 Å². The molecule has 1 aromatic carbocycles. The van der Waals surface area contributed by atoms with Crippen LogP contribution in [0.1, 0.15) is 10.4 Å². The van der Waals surface area contributed by atoms with Crippen molar-refractivity contribution >= 4 is 17.7 Å². The van der Waals surface area contributed by atoms with Crippen LogP contribution in [0.15, 0.2) is 39.5 Å². The molecule has 2 aliphatic rings. The summed E-state index contributed by atoms with van der Waals surface area (Å²) in [4.78, 5) is 15.8. The van der Waals surface area contributed by atoms with Crippen LogP contribution >= 0.6 is 0 Å². The number of Topliss-reactive ketones (excluding diaryl/α,β-unsaturated/α-hetero) is 1. The Labute approximate surface area is 74.0 Å². The molecule has 1 spiro atoms. The summed E-state index contributed by atoms with van der Waals surface area (Å²) in [6, 6.07) is 7.22. The standard InChI is InChI=1S/C9H5N3O/c13-8-6-3-1-2-4-7(6)10-5-9(8)11-12-9/h1-5H. The molecule has 3 rings (SSSR count). The van der Waals surface area contributed by atoms with Crippen molar-refractivity contribution in [3.8, 4) is 0 Å². The van der Waals surface area contributed by atoms with Gasteiger partial charge < -0.3 is 0 Å². The fourth-order valence-corrected chi connectivity index (χ4v) is 1.39. The molecule has 62 valence electrons. The number of rotatable bonds is 0. The number of carbonyl (C=O) groups is 1. The summed E-state index contributed by atoms with van der Waals surface area (Å²) in [5, 5.41) is 7.40. The predicted octanol–water partition coefficient (Wildman–Crippen LogP) is 1.75. The van der Waals surface area contributed by atoms with Crippen LogP contribution < -0.4 is 0 Å². The Hall–Kier alpha value is -1.84. The Morgan fingerprint density at radius 2 is 1.92 bits per heavy atom. The van der Waals surface area contributed by atoms with E-state index in [1.165, 1.54) is 6.21 Å². The highest BCUT2D eigenvalue weighted by atomic mass is 16.1. The quantitative estimate of drug-likeness (QED) is 0.586. The van der Waals surface area contributed by atoms with Gasteiger partial charge in [0.25, 0.3) is 5.66 Å². The average Bonchev–Trinajstić information content (AvgIpc) is 2.94. The molecule has 0 N–H and O–H groups in total. The Kier molecular flexibility index (Phi) is 0.974. The van der Waals surface area contributed by atoms with Crippen LogP contribution in [0.5, 0.6) is 0 Å². The second-order valence-electron chi connectivity index (χ2n) is 3.03. The van der Waals surface area contributed by atoms with Crippen molar-refractivity contribution in [2.75, 3.05) is 0 Å². The summed E-state index contributed by atoms with van der Waals surface area (Å²) < 4.78 is 0. The molecule has 2 heterocycles. The second-order valence-corrected chi connectivity index (χ2v) is 3.03. The van der Waals surface area contributed by atoms with Crippen molar-refractivity contribution in [1.29, 1.82) is 0 Å². The minimum atomic E-state index is -0.950. The van der Waals surface area contributed by atoms with Crippen LogP contribution in [-0.2, 0) is 0 Å². The van der Waals surface area contributed by atoms with Gasteiger partial charge in [0.1, 0.15) is 0 Å². The van der Waals surface area contributed by atoms with Crippen molar-refractivity contribution in [1.82, 2.24) is 0 Å². The first-order chi connectivity index (χ1) is 6.32. The first kappa shape index (κ1) is 6.65. The predicted molar refractivity (Wildman–Crippen MR) is 46.5 cm³/mol. The lowest BCUT2D eigenvalue weighted by Crippen LogP contribution is -2.28. The van der Waals surface area contributed by atoms with Crippen molar-refractivity contribution in [3.63, 3.8) is 0 Å². The van der Waals surface area contributed by atoms with Gasteiger partial charge >= 0.3 is 0 Å². The van der Waals surface area contributed by atoms with E-state index in [4.69, 9.17) is 0 Å². The van der Waals surface area contributed by atoms with Gasteiger partial charge in [-0.2, -0.15) is 0 Å². The van der Waals surface area contributed by atoms with E-state index >= 15 is 0 Å². The topological polar surface area (TPSA) is 54.1 Å². The monoisotopic (exact) mass is 171 g/mol. The van der Waals surface area contributed by atoms with Gasteiger partial charge in [0.15, 0.2) is 0 Å².